The molecule has 0 fully saturated rings. The summed E-state index contributed by atoms with van der Waals surface area (Å²) >= 11 is 0. The number of carboxylic acids is 1. The van der Waals surface area contributed by atoms with Crippen LogP contribution in [0.1, 0.15) is 13.8 Å². The van der Waals surface area contributed by atoms with E-state index in [0.717, 1.165) is 10.8 Å². The zero-order valence-corrected chi connectivity index (χ0v) is 8.00. The third-order valence-corrected chi connectivity index (χ3v) is 3.37. The number of carboxylic acid groups (broad SMARTS) is 1. The number of aliphatic carboxylic acids is 1. The summed E-state index contributed by atoms with van der Waals surface area (Å²) in [6.45, 7) is 3.08. The van der Waals surface area contributed by atoms with Gasteiger partial charge in [-0.1, -0.05) is 17.7 Å². The Balaban J connectivity index is 3.39. The maximum absolute atomic E-state index is 10.4. The third kappa shape index (κ3) is 6.25. The van der Waals surface area contributed by atoms with Crippen LogP contribution in [0.4, 0.5) is 0 Å². The molecule has 0 spiro atoms. The van der Waals surface area contributed by atoms with Gasteiger partial charge < -0.3 is 5.11 Å². The Labute approximate surface area is 73.3 Å². The van der Waals surface area contributed by atoms with Crippen LogP contribution in [0.15, 0.2) is 0 Å². The van der Waals surface area contributed by atoms with Crippen molar-refractivity contribution in [3.05, 3.63) is 0 Å². The van der Waals surface area contributed by atoms with Crippen LogP contribution in [0.25, 0.3) is 0 Å². The van der Waals surface area contributed by atoms with Crippen LogP contribution in [0.3, 0.4) is 0 Å². The molecule has 0 radical (unpaired) electrons. The van der Waals surface area contributed by atoms with Crippen molar-refractivity contribution < 1.29 is 14.7 Å². The van der Waals surface area contributed by atoms with Crippen molar-refractivity contribution in [1.82, 2.24) is 0 Å². The van der Waals surface area contributed by atoms with E-state index in [2.05, 4.69) is 0 Å². The Kier molecular flexibility index (Phi) is 5.41. The first kappa shape index (κ1) is 10.8. The van der Waals surface area contributed by atoms with Gasteiger partial charge in [0.05, 0.1) is 5.92 Å². The van der Waals surface area contributed by atoms with Crippen molar-refractivity contribution in [3.63, 3.8) is 0 Å². The smallest absolute Gasteiger partial charge is 0.307 e. The van der Waals surface area contributed by atoms with E-state index in [1.54, 1.807) is 6.92 Å². The van der Waals surface area contributed by atoms with E-state index in [0.29, 0.717) is 5.75 Å². The van der Waals surface area contributed by atoms with Gasteiger partial charge in [-0.25, -0.2) is 0 Å². The molecule has 1 N–H and O–H groups in total. The highest BCUT2D eigenvalue weighted by molar-refractivity contribution is 8.82. The minimum absolute atomic E-state index is 0.00703. The number of hydrogen-bond acceptors (Lipinski definition) is 4. The SMILES string of the molecule is CC(=O)SSCC(C)C(=O)O. The molecule has 64 valence electrons. The lowest BCUT2D eigenvalue weighted by Gasteiger charge is -2.02. The summed E-state index contributed by atoms with van der Waals surface area (Å²) in [7, 11) is 2.38. The molecule has 0 saturated carbocycles. The molecule has 0 heterocycles. The lowest BCUT2D eigenvalue weighted by Crippen LogP contribution is -2.11. The quantitative estimate of drug-likeness (QED) is 0.689. The van der Waals surface area contributed by atoms with Gasteiger partial charge in [-0.3, -0.25) is 9.59 Å². The van der Waals surface area contributed by atoms with Gasteiger partial charge >= 0.3 is 5.97 Å². The normalized spacial score (nSPS) is 12.5. The van der Waals surface area contributed by atoms with Crippen molar-refractivity contribution in [2.75, 3.05) is 5.75 Å². The molecule has 3 nitrogen and oxygen atoms in total. The van der Waals surface area contributed by atoms with Crippen LogP contribution in [-0.2, 0) is 9.59 Å². The molecule has 5 heteroatoms. The van der Waals surface area contributed by atoms with Gasteiger partial charge in [0.1, 0.15) is 0 Å². The van der Waals surface area contributed by atoms with Crippen molar-refractivity contribution in [2.24, 2.45) is 5.92 Å². The Morgan fingerprint density at radius 1 is 1.55 bits per heavy atom. The first-order valence-electron chi connectivity index (χ1n) is 3.07. The van der Waals surface area contributed by atoms with E-state index >= 15 is 0 Å². The first-order chi connectivity index (χ1) is 5.04. The van der Waals surface area contributed by atoms with E-state index in [-0.39, 0.29) is 11.0 Å². The van der Waals surface area contributed by atoms with Gasteiger partial charge in [-0.15, -0.1) is 0 Å². The topological polar surface area (TPSA) is 54.4 Å². The minimum atomic E-state index is -0.818. The average Bonchev–Trinajstić information content (AvgIpc) is 1.86. The number of hydrogen-bond donors (Lipinski definition) is 1. The highest BCUT2D eigenvalue weighted by atomic mass is 33.1. The zero-order chi connectivity index (χ0) is 8.85. The molecule has 0 aliphatic heterocycles. The predicted octanol–water partition coefficient (Wildman–Crippen LogP) is 1.64. The molecule has 0 aromatic heterocycles. The summed E-state index contributed by atoms with van der Waals surface area (Å²) in [5, 5.41) is 8.45. The molecule has 1 atom stereocenters. The molecule has 0 aromatic carbocycles. The van der Waals surface area contributed by atoms with Gasteiger partial charge in [0.15, 0.2) is 5.12 Å². The lowest BCUT2D eigenvalue weighted by atomic mass is 10.2. The molecule has 0 aliphatic carbocycles. The van der Waals surface area contributed by atoms with Crippen molar-refractivity contribution in [3.8, 4) is 0 Å². The second-order valence-electron chi connectivity index (χ2n) is 2.10. The summed E-state index contributed by atoms with van der Waals surface area (Å²) in [5.74, 6) is -0.729. The van der Waals surface area contributed by atoms with Gasteiger partial charge in [-0.2, -0.15) is 0 Å². The number of carbonyl (C=O) groups is 2. The maximum atomic E-state index is 10.4. The van der Waals surface area contributed by atoms with Crippen LogP contribution in [0.2, 0.25) is 0 Å². The molecular weight excluding hydrogens is 184 g/mol. The highest BCUT2D eigenvalue weighted by Crippen LogP contribution is 2.24. The molecule has 0 saturated heterocycles. The van der Waals surface area contributed by atoms with E-state index in [4.69, 9.17) is 5.11 Å². The molecule has 0 bridgehead atoms. The second-order valence-corrected chi connectivity index (χ2v) is 4.62. The Bertz CT molecular complexity index is 158. The fourth-order valence-electron chi connectivity index (χ4n) is 0.290. The largest absolute Gasteiger partial charge is 0.481 e. The fourth-order valence-corrected chi connectivity index (χ4v) is 2.19. The van der Waals surface area contributed by atoms with Gasteiger partial charge in [0.25, 0.3) is 0 Å². The maximum Gasteiger partial charge on any atom is 0.307 e. The first-order valence-corrected chi connectivity index (χ1v) is 5.38. The van der Waals surface area contributed by atoms with Crippen LogP contribution in [0.5, 0.6) is 0 Å². The monoisotopic (exact) mass is 194 g/mol. The number of carbonyl (C=O) groups excluding carboxylic acids is 1. The minimum Gasteiger partial charge on any atom is -0.481 e. The fraction of sp³-hybridized carbons (Fsp3) is 0.667. The molecule has 0 rings (SSSR count). The molecule has 1 unspecified atom stereocenters. The number of rotatable bonds is 4. The molecular formula is C6H10O3S2. The van der Waals surface area contributed by atoms with Gasteiger partial charge in [-0.05, 0) is 10.8 Å². The second kappa shape index (κ2) is 5.49. The molecule has 0 amide bonds. The Hall–Kier alpha value is -0.160. The van der Waals surface area contributed by atoms with Gasteiger partial charge in [0, 0.05) is 12.7 Å². The molecule has 11 heavy (non-hydrogen) atoms. The van der Waals surface area contributed by atoms with E-state index in [9.17, 15) is 9.59 Å². The van der Waals surface area contributed by atoms with Crippen LogP contribution in [0, 0.1) is 5.92 Å². The van der Waals surface area contributed by atoms with Crippen LogP contribution < -0.4 is 0 Å². The Morgan fingerprint density at radius 3 is 2.45 bits per heavy atom. The Morgan fingerprint density at radius 2 is 2.09 bits per heavy atom. The van der Waals surface area contributed by atoms with E-state index in [1.165, 1.54) is 17.7 Å². The zero-order valence-electron chi connectivity index (χ0n) is 6.36. The van der Waals surface area contributed by atoms with Crippen LogP contribution in [-0.4, -0.2) is 21.9 Å². The third-order valence-electron chi connectivity index (χ3n) is 0.916. The highest BCUT2D eigenvalue weighted by Gasteiger charge is 2.10. The summed E-state index contributed by atoms with van der Waals surface area (Å²) in [4.78, 5) is 20.7. The van der Waals surface area contributed by atoms with E-state index < -0.39 is 5.97 Å². The average molecular weight is 194 g/mol. The summed E-state index contributed by atoms with van der Waals surface area (Å²) < 4.78 is 0. The van der Waals surface area contributed by atoms with Crippen molar-refractivity contribution in [2.45, 2.75) is 13.8 Å². The predicted molar refractivity (Wildman–Crippen MR) is 47.5 cm³/mol. The molecule has 0 aliphatic rings. The molecule has 0 aromatic rings. The van der Waals surface area contributed by atoms with Crippen molar-refractivity contribution in [1.29, 1.82) is 0 Å². The van der Waals surface area contributed by atoms with Crippen molar-refractivity contribution >= 4 is 32.7 Å². The summed E-state index contributed by atoms with van der Waals surface area (Å²) in [6, 6.07) is 0. The van der Waals surface area contributed by atoms with Crippen LogP contribution >= 0.6 is 21.6 Å². The lowest BCUT2D eigenvalue weighted by molar-refractivity contribution is -0.140. The summed E-state index contributed by atoms with van der Waals surface area (Å²) in [5.41, 5.74) is 0. The van der Waals surface area contributed by atoms with E-state index in [1.807, 2.05) is 0 Å². The summed E-state index contributed by atoms with van der Waals surface area (Å²) in [6.07, 6.45) is 0. The standard InChI is InChI=1S/C6H10O3S2/c1-4(6(8)9)3-10-11-5(2)7/h4H,3H2,1-2H3,(H,8,9). The van der Waals surface area contributed by atoms with Gasteiger partial charge in [0.2, 0.25) is 0 Å².